The third-order valence-corrected chi connectivity index (χ3v) is 4.78. The molecule has 3 rings (SSSR count). The molecule has 1 unspecified atom stereocenters. The monoisotopic (exact) mass is 401 g/mol. The Balaban J connectivity index is 1.69. The zero-order valence-corrected chi connectivity index (χ0v) is 17.3. The van der Waals surface area contributed by atoms with Crippen molar-refractivity contribution < 1.29 is 9.59 Å². The molecule has 1 atom stereocenters. The van der Waals surface area contributed by atoms with Crippen LogP contribution in [0.3, 0.4) is 0 Å². The van der Waals surface area contributed by atoms with Crippen LogP contribution in [0, 0.1) is 5.92 Å². The molecule has 5 nitrogen and oxygen atoms in total. The number of rotatable bonds is 7. The molecule has 0 spiro atoms. The molecule has 5 heteroatoms. The number of hydrogen-bond donors (Lipinski definition) is 3. The zero-order valence-electron chi connectivity index (χ0n) is 17.3. The van der Waals surface area contributed by atoms with Crippen LogP contribution in [0.25, 0.3) is 0 Å². The molecule has 3 aromatic rings. The molecule has 30 heavy (non-hydrogen) atoms. The summed E-state index contributed by atoms with van der Waals surface area (Å²) >= 11 is 0. The van der Waals surface area contributed by atoms with Crippen LogP contribution in [0.15, 0.2) is 84.9 Å². The van der Waals surface area contributed by atoms with Gasteiger partial charge >= 0.3 is 6.03 Å². The van der Waals surface area contributed by atoms with Crippen molar-refractivity contribution >= 4 is 23.3 Å². The lowest BCUT2D eigenvalue weighted by Crippen LogP contribution is -2.48. The van der Waals surface area contributed by atoms with Crippen molar-refractivity contribution in [1.29, 1.82) is 0 Å². The van der Waals surface area contributed by atoms with Crippen molar-refractivity contribution in [3.63, 3.8) is 0 Å². The van der Waals surface area contributed by atoms with Gasteiger partial charge in [-0.1, -0.05) is 80.6 Å². The number of benzene rings is 3. The topological polar surface area (TPSA) is 70.2 Å². The quantitative estimate of drug-likeness (QED) is 0.518. The summed E-state index contributed by atoms with van der Waals surface area (Å²) in [6.45, 7) is 3.81. The summed E-state index contributed by atoms with van der Waals surface area (Å²) in [4.78, 5) is 25.4. The highest BCUT2D eigenvalue weighted by atomic mass is 16.2. The van der Waals surface area contributed by atoms with Gasteiger partial charge in [0.25, 0.3) is 0 Å². The fourth-order valence-corrected chi connectivity index (χ4v) is 3.19. The summed E-state index contributed by atoms with van der Waals surface area (Å²) in [5, 5.41) is 8.55. The lowest BCUT2D eigenvalue weighted by Gasteiger charge is -2.23. The molecule has 3 aromatic carbocycles. The number of para-hydroxylation sites is 2. The predicted molar refractivity (Wildman–Crippen MR) is 122 cm³/mol. The lowest BCUT2D eigenvalue weighted by atomic mass is 10.0. The standard InChI is InChI=1S/C25H27N3O2/c1-18(2)23(28-25(30)26-21-14-7-4-8-15-21)24(29)27-22-16-10-9-13-20(22)17-19-11-5-3-6-12-19/h3-16,18,23H,17H2,1-2H3,(H,27,29)(H2,26,28,30). The molecular weight excluding hydrogens is 374 g/mol. The Bertz CT molecular complexity index is 972. The first-order valence-corrected chi connectivity index (χ1v) is 10.1. The Morgan fingerprint density at radius 2 is 1.37 bits per heavy atom. The molecule has 0 saturated carbocycles. The van der Waals surface area contributed by atoms with Gasteiger partial charge in [0.1, 0.15) is 6.04 Å². The van der Waals surface area contributed by atoms with Crippen LogP contribution in [0.2, 0.25) is 0 Å². The highest BCUT2D eigenvalue weighted by Gasteiger charge is 2.25. The molecule has 0 aromatic heterocycles. The highest BCUT2D eigenvalue weighted by molar-refractivity contribution is 5.99. The van der Waals surface area contributed by atoms with E-state index in [-0.39, 0.29) is 11.8 Å². The van der Waals surface area contributed by atoms with Crippen LogP contribution < -0.4 is 16.0 Å². The van der Waals surface area contributed by atoms with Crippen molar-refractivity contribution in [3.05, 3.63) is 96.1 Å². The first-order chi connectivity index (χ1) is 14.5. The van der Waals surface area contributed by atoms with Gasteiger partial charge in [0.05, 0.1) is 0 Å². The Morgan fingerprint density at radius 3 is 2.03 bits per heavy atom. The second kappa shape index (κ2) is 10.3. The van der Waals surface area contributed by atoms with Gasteiger partial charge in [0.2, 0.25) is 5.91 Å². The summed E-state index contributed by atoms with van der Waals surface area (Å²) in [5.41, 5.74) is 3.61. The SMILES string of the molecule is CC(C)C(NC(=O)Nc1ccccc1)C(=O)Nc1ccccc1Cc1ccccc1. The molecule has 0 aliphatic carbocycles. The summed E-state index contributed by atoms with van der Waals surface area (Å²) in [5.74, 6) is -0.318. The summed E-state index contributed by atoms with van der Waals surface area (Å²) < 4.78 is 0. The molecule has 0 radical (unpaired) electrons. The maximum absolute atomic E-state index is 13.0. The minimum absolute atomic E-state index is 0.0761. The Labute approximate surface area is 177 Å². The van der Waals surface area contributed by atoms with Gasteiger partial charge in [-0.25, -0.2) is 4.79 Å². The minimum Gasteiger partial charge on any atom is -0.326 e. The van der Waals surface area contributed by atoms with Gasteiger partial charge in [-0.2, -0.15) is 0 Å². The molecule has 0 fully saturated rings. The summed E-state index contributed by atoms with van der Waals surface area (Å²) in [6, 6.07) is 25.9. The molecule has 0 aliphatic heterocycles. The molecule has 0 heterocycles. The Hall–Kier alpha value is -3.60. The van der Waals surface area contributed by atoms with Crippen LogP contribution in [0.1, 0.15) is 25.0 Å². The molecule has 0 bridgehead atoms. The van der Waals surface area contributed by atoms with Crippen LogP contribution in [0.5, 0.6) is 0 Å². The summed E-state index contributed by atoms with van der Waals surface area (Å²) in [6.07, 6.45) is 0.714. The number of anilines is 2. The van der Waals surface area contributed by atoms with E-state index >= 15 is 0 Å². The smallest absolute Gasteiger partial charge is 0.319 e. The van der Waals surface area contributed by atoms with E-state index < -0.39 is 12.1 Å². The van der Waals surface area contributed by atoms with Gasteiger partial charge in [-0.05, 0) is 41.7 Å². The fraction of sp³-hybridized carbons (Fsp3) is 0.200. The van der Waals surface area contributed by atoms with Crippen molar-refractivity contribution in [3.8, 4) is 0 Å². The molecule has 0 saturated heterocycles. The Kier molecular flexibility index (Phi) is 7.22. The first-order valence-electron chi connectivity index (χ1n) is 10.1. The van der Waals surface area contributed by atoms with Crippen molar-refractivity contribution in [1.82, 2.24) is 5.32 Å². The highest BCUT2D eigenvalue weighted by Crippen LogP contribution is 2.20. The number of amides is 3. The average Bonchev–Trinajstić information content (AvgIpc) is 2.74. The lowest BCUT2D eigenvalue weighted by molar-refractivity contribution is -0.118. The predicted octanol–water partition coefficient (Wildman–Crippen LogP) is 5.06. The van der Waals surface area contributed by atoms with Gasteiger partial charge in [0.15, 0.2) is 0 Å². The molecule has 3 amide bonds. The average molecular weight is 402 g/mol. The molecule has 0 aliphatic rings. The maximum atomic E-state index is 13.0. The van der Waals surface area contributed by atoms with E-state index in [1.807, 2.05) is 74.5 Å². The third-order valence-electron chi connectivity index (χ3n) is 4.78. The van der Waals surface area contributed by atoms with Crippen molar-refractivity contribution in [2.24, 2.45) is 5.92 Å². The van der Waals surface area contributed by atoms with Gasteiger partial charge in [0, 0.05) is 11.4 Å². The minimum atomic E-state index is -0.668. The number of urea groups is 1. The number of nitrogens with one attached hydrogen (secondary N) is 3. The first kappa shape index (κ1) is 21.1. The second-order valence-electron chi connectivity index (χ2n) is 7.49. The normalized spacial score (nSPS) is 11.6. The second-order valence-corrected chi connectivity index (χ2v) is 7.49. The summed E-state index contributed by atoms with van der Waals surface area (Å²) in [7, 11) is 0. The molecule has 154 valence electrons. The molecule has 3 N–H and O–H groups in total. The van der Waals surface area contributed by atoms with E-state index in [1.54, 1.807) is 12.1 Å². The van der Waals surface area contributed by atoms with E-state index in [0.29, 0.717) is 12.1 Å². The maximum Gasteiger partial charge on any atom is 0.319 e. The van der Waals surface area contributed by atoms with E-state index in [2.05, 4.69) is 28.1 Å². The van der Waals surface area contributed by atoms with E-state index in [9.17, 15) is 9.59 Å². The van der Waals surface area contributed by atoms with Gasteiger partial charge in [-0.3, -0.25) is 4.79 Å². The largest absolute Gasteiger partial charge is 0.326 e. The van der Waals surface area contributed by atoms with Gasteiger partial charge in [-0.15, -0.1) is 0 Å². The van der Waals surface area contributed by atoms with Crippen LogP contribution in [-0.2, 0) is 11.2 Å². The van der Waals surface area contributed by atoms with Crippen molar-refractivity contribution in [2.75, 3.05) is 10.6 Å². The van der Waals surface area contributed by atoms with Crippen LogP contribution >= 0.6 is 0 Å². The number of carbonyl (C=O) groups excluding carboxylic acids is 2. The number of hydrogen-bond acceptors (Lipinski definition) is 2. The van der Waals surface area contributed by atoms with E-state index in [0.717, 1.165) is 11.3 Å². The van der Waals surface area contributed by atoms with Crippen molar-refractivity contribution in [2.45, 2.75) is 26.3 Å². The Morgan fingerprint density at radius 1 is 0.767 bits per heavy atom. The van der Waals surface area contributed by atoms with Crippen LogP contribution in [0.4, 0.5) is 16.2 Å². The zero-order chi connectivity index (χ0) is 21.3. The van der Waals surface area contributed by atoms with E-state index in [1.165, 1.54) is 5.56 Å². The van der Waals surface area contributed by atoms with E-state index in [4.69, 9.17) is 0 Å². The van der Waals surface area contributed by atoms with Crippen LogP contribution in [-0.4, -0.2) is 18.0 Å². The number of carbonyl (C=O) groups is 2. The van der Waals surface area contributed by atoms with Gasteiger partial charge < -0.3 is 16.0 Å². The third kappa shape index (κ3) is 5.95. The molecular formula is C25H27N3O2. The fourth-order valence-electron chi connectivity index (χ4n) is 3.19.